The molecule has 10 heteroatoms. The minimum absolute atomic E-state index is 0. The van der Waals surface area contributed by atoms with Crippen LogP contribution in [0.4, 0.5) is 5.69 Å². The summed E-state index contributed by atoms with van der Waals surface area (Å²) in [5, 5.41) is 44.2. The highest BCUT2D eigenvalue weighted by molar-refractivity contribution is 7.99. The van der Waals surface area contributed by atoms with Gasteiger partial charge in [0.2, 0.25) is 0 Å². The summed E-state index contributed by atoms with van der Waals surface area (Å²) >= 11 is 1.70. The predicted octanol–water partition coefficient (Wildman–Crippen LogP) is 18.3. The number of rotatable bonds is 35. The van der Waals surface area contributed by atoms with E-state index in [2.05, 4.69) is 78.0 Å². The lowest BCUT2D eigenvalue weighted by atomic mass is 9.95. The third-order valence-corrected chi connectivity index (χ3v) is 15.2. The number of thioether (sulfide) groups is 1. The van der Waals surface area contributed by atoms with Crippen LogP contribution in [0, 0.1) is 11.8 Å². The van der Waals surface area contributed by atoms with Crippen molar-refractivity contribution in [2.24, 2.45) is 11.8 Å². The number of unbranched alkanes of at least 4 members (excludes halogenated alkanes) is 1. The van der Waals surface area contributed by atoms with Crippen LogP contribution < -0.4 is 14.8 Å². The van der Waals surface area contributed by atoms with Gasteiger partial charge in [-0.25, -0.2) is 0 Å². The number of aliphatic hydroxyl groups excluding tert-OH is 3. The maximum Gasteiger partial charge on any atom is 0.162 e. The van der Waals surface area contributed by atoms with Crippen LogP contribution in [0.2, 0.25) is 0 Å². The van der Waals surface area contributed by atoms with E-state index in [-0.39, 0.29) is 31.5 Å². The maximum absolute atomic E-state index is 11.9. The minimum atomic E-state index is -0.563. The Hall–Kier alpha value is -3.90. The largest absolute Gasteiger partial charge is 0.494 e. The number of hydrogen-bond acceptors (Lipinski definition) is 10. The summed E-state index contributed by atoms with van der Waals surface area (Å²) in [6.45, 7) is 20.2. The lowest BCUT2D eigenvalue weighted by molar-refractivity contribution is 0.0455. The van der Waals surface area contributed by atoms with Gasteiger partial charge in [0, 0.05) is 48.6 Å². The van der Waals surface area contributed by atoms with Gasteiger partial charge in [0.1, 0.15) is 11.5 Å². The van der Waals surface area contributed by atoms with E-state index in [1.54, 1.807) is 18.9 Å². The summed E-state index contributed by atoms with van der Waals surface area (Å²) in [4.78, 5) is 13.0. The Labute approximate surface area is 480 Å². The second-order valence-corrected chi connectivity index (χ2v) is 22.3. The number of Topliss-reactive ketones (excluding diaryl/α,β-unsaturated/α-hetero) is 1. The highest BCUT2D eigenvalue weighted by Crippen LogP contribution is 2.32. The molecule has 1 fully saturated rings. The Balaban J connectivity index is 0.000000519. The van der Waals surface area contributed by atoms with E-state index in [0.717, 1.165) is 159 Å². The lowest BCUT2D eigenvalue weighted by Gasteiger charge is -2.27. The lowest BCUT2D eigenvalue weighted by Crippen LogP contribution is -2.31. The van der Waals surface area contributed by atoms with Gasteiger partial charge in [0.15, 0.2) is 5.78 Å². The average molecular weight is 1100 g/mol. The summed E-state index contributed by atoms with van der Waals surface area (Å²) in [7, 11) is 1.71. The Morgan fingerprint density at radius 1 is 0.615 bits per heavy atom. The molecule has 5 N–H and O–H groups in total. The fraction of sp³-hybridized carbons (Fsp3) is 0.632. The highest BCUT2D eigenvalue weighted by Gasteiger charge is 2.25. The van der Waals surface area contributed by atoms with Gasteiger partial charge in [0.05, 0.1) is 37.1 Å². The van der Waals surface area contributed by atoms with Gasteiger partial charge in [-0.2, -0.15) is 0 Å². The smallest absolute Gasteiger partial charge is 0.162 e. The minimum Gasteiger partial charge on any atom is -0.494 e. The van der Waals surface area contributed by atoms with Crippen molar-refractivity contribution in [1.29, 1.82) is 0 Å². The first-order chi connectivity index (χ1) is 37.3. The van der Waals surface area contributed by atoms with Crippen LogP contribution in [0.25, 0.3) is 0 Å². The number of ether oxygens (including phenoxy) is 3. The summed E-state index contributed by atoms with van der Waals surface area (Å²) in [5.74, 6) is 4.05. The van der Waals surface area contributed by atoms with E-state index in [0.29, 0.717) is 18.9 Å². The average Bonchev–Trinajstić information content (AvgIpc) is 3.97. The van der Waals surface area contributed by atoms with Gasteiger partial charge in [-0.3, -0.25) is 4.79 Å². The Morgan fingerprint density at radius 3 is 1.68 bits per heavy atom. The van der Waals surface area contributed by atoms with Gasteiger partial charge in [-0.05, 0) is 154 Å². The first-order valence-electron chi connectivity index (χ1n) is 30.1. The van der Waals surface area contributed by atoms with Crippen molar-refractivity contribution >= 4 is 23.2 Å². The number of aliphatic hydroxyl groups is 4. The van der Waals surface area contributed by atoms with Crippen LogP contribution in [0.15, 0.2) is 102 Å². The molecule has 0 aliphatic heterocycles. The van der Waals surface area contributed by atoms with Crippen molar-refractivity contribution in [2.45, 2.75) is 233 Å². The molecule has 5 rings (SSSR count). The molecule has 0 aromatic heterocycles. The number of nitrogens with one attached hydrogen (secondary N) is 1. The number of carbonyl (C=O) groups excluding carboxylic acids is 1. The molecule has 0 saturated heterocycles. The van der Waals surface area contributed by atoms with Crippen molar-refractivity contribution in [3.8, 4) is 11.5 Å². The van der Waals surface area contributed by atoms with Crippen molar-refractivity contribution in [2.75, 3.05) is 44.5 Å². The summed E-state index contributed by atoms with van der Waals surface area (Å²) in [6.07, 6.45) is 21.9. The van der Waals surface area contributed by atoms with E-state index in [9.17, 15) is 25.2 Å². The third-order valence-electron chi connectivity index (χ3n) is 14.0. The maximum atomic E-state index is 11.9. The van der Waals surface area contributed by atoms with E-state index >= 15 is 0 Å². The van der Waals surface area contributed by atoms with Gasteiger partial charge < -0.3 is 40.0 Å². The highest BCUT2D eigenvalue weighted by atomic mass is 32.2. The van der Waals surface area contributed by atoms with Crippen molar-refractivity contribution in [3.63, 3.8) is 0 Å². The van der Waals surface area contributed by atoms with E-state index in [1.165, 1.54) is 51.4 Å². The molecule has 0 spiro atoms. The standard InChI is InChI=1S/C18H30O2S.C18H28O2.C16H25NO.C15H24O3.CH4/c1-4-8-17(19)15-9-7-10-16(13-15)21-14-18(20,11-5-2)12-6-3;1-4-8-15(9-5-2)14-20-17-12-7-11-16(13-17)18(19)10-6-3;1-2-6-16(18)14-9-5-10-15(11-14)17-12-13-7-3-4-8-13;1-3-7-15(16)13-8-6-9-14(12-13)18-11-5-4-10-17-2;/h7,9-10,13,17,19-20H,4-6,8,11-12,14H2,1-3H3;7,11-13,15H,4-6,8-10,14H2,1-3H3;5,9-11,13,16-18H,2-4,6-8,12H2,1H3;6,8-9,12,15-16H,3-5,7,10-11H2,1-2H3;1H4. The van der Waals surface area contributed by atoms with Crippen LogP contribution >= 0.6 is 11.8 Å². The number of anilines is 1. The van der Waals surface area contributed by atoms with Crippen LogP contribution in [0.3, 0.4) is 0 Å². The molecule has 4 aromatic rings. The molecule has 4 aromatic carbocycles. The first kappa shape index (κ1) is 72.1. The second-order valence-electron chi connectivity index (χ2n) is 21.2. The molecule has 0 radical (unpaired) electrons. The fourth-order valence-electron chi connectivity index (χ4n) is 9.70. The van der Waals surface area contributed by atoms with Crippen LogP contribution in [-0.2, 0) is 4.74 Å². The number of ketones is 1. The summed E-state index contributed by atoms with van der Waals surface area (Å²) in [6, 6.07) is 31.7. The second kappa shape index (κ2) is 44.8. The molecule has 0 heterocycles. The zero-order valence-corrected chi connectivity index (χ0v) is 50.4. The van der Waals surface area contributed by atoms with Gasteiger partial charge in [-0.15, -0.1) is 11.8 Å². The molecule has 442 valence electrons. The fourth-order valence-corrected chi connectivity index (χ4v) is 10.8. The Morgan fingerprint density at radius 2 is 1.13 bits per heavy atom. The predicted molar refractivity (Wildman–Crippen MR) is 333 cm³/mol. The molecule has 3 atom stereocenters. The van der Waals surface area contributed by atoms with E-state index in [1.807, 2.05) is 79.7 Å². The molecule has 1 saturated carbocycles. The molecule has 0 bridgehead atoms. The van der Waals surface area contributed by atoms with Crippen molar-refractivity contribution in [1.82, 2.24) is 0 Å². The monoisotopic (exact) mass is 1100 g/mol. The molecule has 1 aliphatic carbocycles. The van der Waals surface area contributed by atoms with Crippen LogP contribution in [-0.4, -0.2) is 71.0 Å². The number of benzene rings is 4. The Kier molecular flexibility index (Phi) is 41.4. The molecular formula is C68H111NO8S. The van der Waals surface area contributed by atoms with Gasteiger partial charge in [0.25, 0.3) is 0 Å². The van der Waals surface area contributed by atoms with E-state index < -0.39 is 5.60 Å². The molecule has 3 unspecified atom stereocenters. The van der Waals surface area contributed by atoms with E-state index in [4.69, 9.17) is 14.2 Å². The van der Waals surface area contributed by atoms with Crippen LogP contribution in [0.1, 0.15) is 249 Å². The SMILES string of the molecule is C.CCCC(=O)c1cccc(OCC(CCC)CCC)c1.CCCC(O)c1cccc(NCC2CCCC2)c1.CCCC(O)c1cccc(OCCCCOC)c1.CCCC(O)c1cccc(SCC(O)(CCC)CCC)c1. The van der Waals surface area contributed by atoms with Crippen molar-refractivity contribution in [3.05, 3.63) is 119 Å². The molecule has 9 nitrogen and oxygen atoms in total. The summed E-state index contributed by atoms with van der Waals surface area (Å²) in [5.41, 5.74) is 4.31. The van der Waals surface area contributed by atoms with Crippen LogP contribution in [0.5, 0.6) is 11.5 Å². The number of hydrogen-bond donors (Lipinski definition) is 5. The van der Waals surface area contributed by atoms with Crippen molar-refractivity contribution < 1.29 is 39.4 Å². The number of methoxy groups -OCH3 is 1. The third kappa shape index (κ3) is 31.2. The zero-order chi connectivity index (χ0) is 56.5. The zero-order valence-electron chi connectivity index (χ0n) is 49.5. The quantitative estimate of drug-likeness (QED) is 0.0172. The summed E-state index contributed by atoms with van der Waals surface area (Å²) < 4.78 is 16.5. The topological polar surface area (TPSA) is 138 Å². The normalized spacial score (nSPS) is 13.4. The molecule has 78 heavy (non-hydrogen) atoms. The first-order valence-corrected chi connectivity index (χ1v) is 31.1. The number of carbonyl (C=O) groups is 1. The Bertz CT molecular complexity index is 2060. The van der Waals surface area contributed by atoms with Gasteiger partial charge in [-0.1, -0.05) is 169 Å². The molecule has 0 amide bonds. The molecule has 1 aliphatic rings. The van der Waals surface area contributed by atoms with Gasteiger partial charge >= 0.3 is 0 Å². The molecular weight excluding hydrogens is 991 g/mol.